The second-order valence-electron chi connectivity index (χ2n) is 16.4. The molecule has 0 saturated heterocycles. The minimum Gasteiger partial charge on any atom is -0.458 e. The molecule has 0 aliphatic carbocycles. The van der Waals surface area contributed by atoms with Crippen LogP contribution in [0.5, 0.6) is 0 Å². The van der Waals surface area contributed by atoms with E-state index >= 15 is 9.59 Å². The van der Waals surface area contributed by atoms with E-state index in [1.807, 2.05) is 99.6 Å². The number of esters is 1. The Morgan fingerprint density at radius 3 is 1.70 bits per heavy atom. The smallest absolute Gasteiger partial charge is 0.408 e. The van der Waals surface area contributed by atoms with Gasteiger partial charge in [0.1, 0.15) is 29.3 Å². The van der Waals surface area contributed by atoms with E-state index in [0.717, 1.165) is 28.7 Å². The molecule has 2 N–H and O–H groups in total. The third kappa shape index (κ3) is 13.7. The fourth-order valence-electron chi connectivity index (χ4n) is 6.15. The Morgan fingerprint density at radius 1 is 0.660 bits per heavy atom. The summed E-state index contributed by atoms with van der Waals surface area (Å²) in [6.07, 6.45) is 1.02. The van der Waals surface area contributed by atoms with Gasteiger partial charge in [-0.2, -0.15) is 0 Å². The first-order valence-corrected chi connectivity index (χ1v) is 18.7. The summed E-state index contributed by atoms with van der Waals surface area (Å²) in [4.78, 5) is 59.0. The molecule has 9 nitrogen and oxygen atoms in total. The molecule has 0 aliphatic rings. The number of ether oxygens (including phenoxy) is 2. The molecule has 3 aromatic carbocycles. The van der Waals surface area contributed by atoms with Gasteiger partial charge in [-0.1, -0.05) is 92.7 Å². The lowest BCUT2D eigenvalue weighted by atomic mass is 9.92. The van der Waals surface area contributed by atoms with Gasteiger partial charge >= 0.3 is 12.1 Å². The van der Waals surface area contributed by atoms with Crippen LogP contribution in [0.2, 0.25) is 0 Å². The first-order valence-electron chi connectivity index (χ1n) is 18.7. The van der Waals surface area contributed by atoms with Crippen molar-refractivity contribution in [2.45, 2.75) is 137 Å². The zero-order valence-electron chi connectivity index (χ0n) is 33.6. The highest BCUT2D eigenvalue weighted by molar-refractivity contribution is 5.94. The first kappa shape index (κ1) is 42.8. The number of nitrogens with zero attached hydrogens (tertiary/aromatic N) is 1. The zero-order chi connectivity index (χ0) is 39.5. The monoisotopic (exact) mass is 727 g/mol. The van der Waals surface area contributed by atoms with Crippen LogP contribution in [0.25, 0.3) is 0 Å². The number of alkyl carbamates (subject to hydrolysis) is 1. The molecule has 3 amide bonds. The van der Waals surface area contributed by atoms with E-state index in [2.05, 4.69) is 24.5 Å². The van der Waals surface area contributed by atoms with E-state index in [0.29, 0.717) is 17.9 Å². The van der Waals surface area contributed by atoms with Gasteiger partial charge in [-0.3, -0.25) is 9.59 Å². The lowest BCUT2D eigenvalue weighted by Gasteiger charge is -2.40. The zero-order valence-corrected chi connectivity index (χ0v) is 33.6. The number of hydrogen-bond acceptors (Lipinski definition) is 6. The van der Waals surface area contributed by atoms with Crippen LogP contribution >= 0.6 is 0 Å². The standard InChI is InChI=1S/C44H61N3O6/c1-29(2)25-26-31(4)47(40(49)36(27-33-20-14-12-15-21-33)46-42(51)53-44(9,10)11)38(35-24-18-19-30(3)32(35)5)39(48)45-37(41(50)52-43(6,7)8)28-34-22-16-13-17-23-34/h12-24,29,31,36-38H,25-28H2,1-11H3,(H,45,48)(H,46,51). The second-order valence-corrected chi connectivity index (χ2v) is 16.4. The maximum absolute atomic E-state index is 15.2. The van der Waals surface area contributed by atoms with Crippen LogP contribution in [0.15, 0.2) is 78.9 Å². The Morgan fingerprint density at radius 2 is 1.19 bits per heavy atom. The molecule has 53 heavy (non-hydrogen) atoms. The summed E-state index contributed by atoms with van der Waals surface area (Å²) < 4.78 is 11.4. The average molecular weight is 728 g/mol. The molecule has 0 heterocycles. The first-order chi connectivity index (χ1) is 24.8. The van der Waals surface area contributed by atoms with E-state index in [1.54, 1.807) is 46.4 Å². The van der Waals surface area contributed by atoms with Crippen LogP contribution in [0.3, 0.4) is 0 Å². The number of hydrogen-bond donors (Lipinski definition) is 2. The third-order valence-electron chi connectivity index (χ3n) is 8.92. The van der Waals surface area contributed by atoms with Crippen LogP contribution < -0.4 is 10.6 Å². The van der Waals surface area contributed by atoms with Gasteiger partial charge in [-0.15, -0.1) is 0 Å². The SMILES string of the molecule is Cc1cccc(C(C(=O)NC(Cc2ccccc2)C(=O)OC(C)(C)C)N(C(=O)C(Cc2ccccc2)NC(=O)OC(C)(C)C)C(C)CCC(C)C)c1C. The van der Waals surface area contributed by atoms with E-state index in [-0.39, 0.29) is 12.8 Å². The highest BCUT2D eigenvalue weighted by Crippen LogP contribution is 2.31. The third-order valence-corrected chi connectivity index (χ3v) is 8.92. The van der Waals surface area contributed by atoms with Crippen molar-refractivity contribution in [2.24, 2.45) is 5.92 Å². The molecule has 0 aliphatic heterocycles. The highest BCUT2D eigenvalue weighted by Gasteiger charge is 2.41. The lowest BCUT2D eigenvalue weighted by Crippen LogP contribution is -2.57. The minimum absolute atomic E-state index is 0.169. The van der Waals surface area contributed by atoms with Crippen molar-refractivity contribution in [3.8, 4) is 0 Å². The van der Waals surface area contributed by atoms with Crippen molar-refractivity contribution in [3.05, 3.63) is 107 Å². The summed E-state index contributed by atoms with van der Waals surface area (Å²) in [7, 11) is 0. The van der Waals surface area contributed by atoms with Crippen molar-refractivity contribution in [1.82, 2.24) is 15.5 Å². The highest BCUT2D eigenvalue weighted by atomic mass is 16.6. The Bertz CT molecular complexity index is 1660. The van der Waals surface area contributed by atoms with Gasteiger partial charge in [0.15, 0.2) is 0 Å². The average Bonchev–Trinajstić information content (AvgIpc) is 3.06. The molecule has 0 fully saturated rings. The largest absolute Gasteiger partial charge is 0.458 e. The summed E-state index contributed by atoms with van der Waals surface area (Å²) in [5.74, 6) is -1.20. The molecule has 4 unspecified atom stereocenters. The summed E-state index contributed by atoms with van der Waals surface area (Å²) in [6, 6.07) is 20.9. The Kier molecular flexibility index (Phi) is 15.2. The summed E-state index contributed by atoms with van der Waals surface area (Å²) in [6.45, 7) is 20.7. The van der Waals surface area contributed by atoms with Crippen LogP contribution in [-0.2, 0) is 36.7 Å². The van der Waals surface area contributed by atoms with Crippen LogP contribution in [0.1, 0.15) is 109 Å². The molecule has 0 spiro atoms. The molecular weight excluding hydrogens is 666 g/mol. The van der Waals surface area contributed by atoms with Gasteiger partial charge < -0.3 is 25.0 Å². The van der Waals surface area contributed by atoms with Crippen molar-refractivity contribution in [2.75, 3.05) is 0 Å². The van der Waals surface area contributed by atoms with Gasteiger partial charge in [-0.05, 0) is 109 Å². The fraction of sp³-hybridized carbons (Fsp3) is 0.500. The van der Waals surface area contributed by atoms with Crippen molar-refractivity contribution < 1.29 is 28.7 Å². The Balaban J connectivity index is 2.22. The number of rotatable bonds is 15. The number of amides is 3. The van der Waals surface area contributed by atoms with Gasteiger partial charge in [0.25, 0.3) is 0 Å². The number of nitrogens with one attached hydrogen (secondary N) is 2. The fourth-order valence-corrected chi connectivity index (χ4v) is 6.15. The van der Waals surface area contributed by atoms with Crippen LogP contribution in [0.4, 0.5) is 4.79 Å². The predicted molar refractivity (Wildman–Crippen MR) is 210 cm³/mol. The molecule has 0 saturated carbocycles. The molecule has 3 rings (SSSR count). The van der Waals surface area contributed by atoms with Crippen molar-refractivity contribution in [3.63, 3.8) is 0 Å². The summed E-state index contributed by atoms with van der Waals surface area (Å²) >= 11 is 0. The Labute approximate surface area is 317 Å². The van der Waals surface area contributed by atoms with Crippen LogP contribution in [0, 0.1) is 19.8 Å². The minimum atomic E-state index is -1.15. The molecule has 9 heteroatoms. The van der Waals surface area contributed by atoms with Gasteiger partial charge in [-0.25, -0.2) is 9.59 Å². The molecule has 0 radical (unpaired) electrons. The van der Waals surface area contributed by atoms with Gasteiger partial charge in [0, 0.05) is 18.9 Å². The quantitative estimate of drug-likeness (QED) is 0.153. The number of benzene rings is 3. The molecule has 3 aromatic rings. The molecule has 0 aromatic heterocycles. The number of aryl methyl sites for hydroxylation is 1. The van der Waals surface area contributed by atoms with E-state index in [4.69, 9.17) is 9.47 Å². The summed E-state index contributed by atoms with van der Waals surface area (Å²) in [5.41, 5.74) is 2.50. The lowest BCUT2D eigenvalue weighted by molar-refractivity contribution is -0.159. The maximum atomic E-state index is 15.2. The van der Waals surface area contributed by atoms with Crippen LogP contribution in [-0.4, -0.2) is 58.1 Å². The van der Waals surface area contributed by atoms with Crippen molar-refractivity contribution >= 4 is 23.9 Å². The molecule has 4 atom stereocenters. The normalized spacial score (nSPS) is 14.0. The number of carbonyl (C=O) groups is 4. The maximum Gasteiger partial charge on any atom is 0.408 e. The topological polar surface area (TPSA) is 114 Å². The molecular formula is C44H61N3O6. The van der Waals surface area contributed by atoms with Crippen molar-refractivity contribution in [1.29, 1.82) is 0 Å². The van der Waals surface area contributed by atoms with E-state index < -0.39 is 59.2 Å². The van der Waals surface area contributed by atoms with E-state index in [9.17, 15) is 9.59 Å². The molecule has 288 valence electrons. The predicted octanol–water partition coefficient (Wildman–Crippen LogP) is 8.20. The molecule has 0 bridgehead atoms. The number of carbonyl (C=O) groups excluding carboxylic acids is 4. The van der Waals surface area contributed by atoms with Gasteiger partial charge in [0.05, 0.1) is 0 Å². The summed E-state index contributed by atoms with van der Waals surface area (Å²) in [5, 5.41) is 5.88. The van der Waals surface area contributed by atoms with E-state index in [1.165, 1.54) is 0 Å². The Hall–Kier alpha value is -4.66. The second kappa shape index (κ2) is 18.9. The van der Waals surface area contributed by atoms with Gasteiger partial charge in [0.2, 0.25) is 11.8 Å².